The van der Waals surface area contributed by atoms with Gasteiger partial charge < -0.3 is 4.42 Å². The smallest absolute Gasteiger partial charge is 0.237 e. The quantitative estimate of drug-likeness (QED) is 0.725. The zero-order valence-electron chi connectivity index (χ0n) is 17.5. The maximum absolute atomic E-state index is 12.9. The van der Waals surface area contributed by atoms with Crippen molar-refractivity contribution in [2.24, 2.45) is 0 Å². The number of piperidine rings is 1. The highest BCUT2D eigenvalue weighted by Gasteiger charge is 2.37. The SMILES string of the molecule is Cc1cc2c(cc1C)-c1oc(CN3CCN4CCCCC4C3)c(C)c1C(=O)C2=O. The fourth-order valence-corrected chi connectivity index (χ4v) is 5.17. The van der Waals surface area contributed by atoms with E-state index in [9.17, 15) is 9.59 Å². The largest absolute Gasteiger partial charge is 0.459 e. The van der Waals surface area contributed by atoms with E-state index in [4.69, 9.17) is 4.42 Å². The van der Waals surface area contributed by atoms with Gasteiger partial charge in [-0.2, -0.15) is 0 Å². The molecule has 1 atom stereocenters. The third kappa shape index (κ3) is 2.99. The summed E-state index contributed by atoms with van der Waals surface area (Å²) < 4.78 is 6.29. The van der Waals surface area contributed by atoms with Crippen molar-refractivity contribution in [3.8, 4) is 11.3 Å². The molecule has 2 saturated heterocycles. The van der Waals surface area contributed by atoms with E-state index < -0.39 is 11.6 Å². The van der Waals surface area contributed by atoms with E-state index in [0.717, 1.165) is 47.6 Å². The van der Waals surface area contributed by atoms with Crippen molar-refractivity contribution in [2.75, 3.05) is 26.2 Å². The molecule has 0 radical (unpaired) electrons. The minimum Gasteiger partial charge on any atom is -0.459 e. The first-order valence-electron chi connectivity index (χ1n) is 10.7. The zero-order valence-corrected chi connectivity index (χ0v) is 17.5. The van der Waals surface area contributed by atoms with Crippen LogP contribution >= 0.6 is 0 Å². The maximum atomic E-state index is 12.9. The topological polar surface area (TPSA) is 53.8 Å². The number of nitrogens with zero attached hydrogens (tertiary/aromatic N) is 2. The Labute approximate surface area is 171 Å². The Balaban J connectivity index is 1.48. The second-order valence-corrected chi connectivity index (χ2v) is 8.92. The second kappa shape index (κ2) is 6.92. The van der Waals surface area contributed by atoms with E-state index in [1.165, 1.54) is 25.8 Å². The van der Waals surface area contributed by atoms with Gasteiger partial charge >= 0.3 is 0 Å². The van der Waals surface area contributed by atoms with E-state index in [1.807, 2.05) is 32.9 Å². The van der Waals surface area contributed by atoms with E-state index in [1.54, 1.807) is 0 Å². The number of piperazine rings is 1. The molecule has 2 fully saturated rings. The number of ketones is 2. The summed E-state index contributed by atoms with van der Waals surface area (Å²) in [5.74, 6) is 0.560. The number of benzene rings is 1. The number of carbonyl (C=O) groups is 2. The van der Waals surface area contributed by atoms with Crippen LogP contribution in [-0.4, -0.2) is 53.6 Å². The van der Waals surface area contributed by atoms with Crippen LogP contribution in [0.15, 0.2) is 16.5 Å². The predicted octanol–water partition coefficient (Wildman–Crippen LogP) is 3.92. The van der Waals surface area contributed by atoms with Gasteiger partial charge in [0.15, 0.2) is 0 Å². The van der Waals surface area contributed by atoms with Crippen molar-refractivity contribution in [1.29, 1.82) is 0 Å². The van der Waals surface area contributed by atoms with E-state index in [2.05, 4.69) is 9.80 Å². The number of furan rings is 1. The Morgan fingerprint density at radius 3 is 2.52 bits per heavy atom. The fourth-order valence-electron chi connectivity index (χ4n) is 5.17. The average molecular weight is 392 g/mol. The summed E-state index contributed by atoms with van der Waals surface area (Å²) in [5, 5.41) is 0. The first-order chi connectivity index (χ1) is 13.9. The molecule has 3 heterocycles. The van der Waals surface area contributed by atoms with Crippen LogP contribution in [-0.2, 0) is 6.54 Å². The molecule has 2 aliphatic heterocycles. The van der Waals surface area contributed by atoms with Gasteiger partial charge in [-0.15, -0.1) is 0 Å². The van der Waals surface area contributed by atoms with Crippen LogP contribution in [0.3, 0.4) is 0 Å². The van der Waals surface area contributed by atoms with Gasteiger partial charge in [-0.3, -0.25) is 19.4 Å². The molecule has 0 N–H and O–H groups in total. The van der Waals surface area contributed by atoms with Gasteiger partial charge in [-0.05, 0) is 63.4 Å². The number of fused-ring (bicyclic) bond motifs is 4. The Hall–Kier alpha value is -2.24. The Bertz CT molecular complexity index is 1020. The Morgan fingerprint density at radius 1 is 0.966 bits per heavy atom. The highest BCUT2D eigenvalue weighted by molar-refractivity contribution is 6.53. The first-order valence-corrected chi connectivity index (χ1v) is 10.7. The summed E-state index contributed by atoms with van der Waals surface area (Å²) in [7, 11) is 0. The summed E-state index contributed by atoms with van der Waals surface area (Å²) in [5.41, 5.74) is 4.65. The summed E-state index contributed by atoms with van der Waals surface area (Å²) >= 11 is 0. The van der Waals surface area contributed by atoms with Crippen LogP contribution in [0.25, 0.3) is 11.3 Å². The molecular formula is C24H28N2O3. The molecule has 2 aromatic rings. The van der Waals surface area contributed by atoms with Gasteiger partial charge in [-0.25, -0.2) is 0 Å². The number of hydrogen-bond donors (Lipinski definition) is 0. The zero-order chi connectivity index (χ0) is 20.3. The fraction of sp³-hybridized carbons (Fsp3) is 0.500. The Kier molecular flexibility index (Phi) is 4.48. The summed E-state index contributed by atoms with van der Waals surface area (Å²) in [4.78, 5) is 30.7. The van der Waals surface area contributed by atoms with Crippen LogP contribution < -0.4 is 0 Å². The second-order valence-electron chi connectivity index (χ2n) is 8.92. The van der Waals surface area contributed by atoms with E-state index >= 15 is 0 Å². The number of Topliss-reactive ketones (excluding diaryl/α,β-unsaturated/α-hetero) is 2. The monoisotopic (exact) mass is 392 g/mol. The molecule has 3 aliphatic rings. The predicted molar refractivity (Wildman–Crippen MR) is 112 cm³/mol. The molecule has 5 nitrogen and oxygen atoms in total. The minimum atomic E-state index is -0.430. The number of rotatable bonds is 2. The standard InChI is InChI=1S/C24H28N2O3/c1-14-10-18-19(11-15(14)2)24-21(23(28)22(18)27)16(3)20(29-24)13-25-8-9-26-7-5-4-6-17(26)12-25/h10-11,17H,4-9,12-13H2,1-3H3. The molecule has 1 aliphatic carbocycles. The van der Waals surface area contributed by atoms with Crippen molar-refractivity contribution < 1.29 is 14.0 Å². The third-order valence-electron chi connectivity index (χ3n) is 7.09. The van der Waals surface area contributed by atoms with E-state index in [0.29, 0.717) is 29.5 Å². The van der Waals surface area contributed by atoms with Crippen molar-refractivity contribution in [3.05, 3.63) is 45.7 Å². The molecule has 152 valence electrons. The lowest BCUT2D eigenvalue weighted by molar-refractivity contribution is 0.0426. The van der Waals surface area contributed by atoms with Crippen molar-refractivity contribution in [1.82, 2.24) is 9.80 Å². The first kappa shape index (κ1) is 18.8. The van der Waals surface area contributed by atoms with Crippen LogP contribution in [0, 0.1) is 20.8 Å². The summed E-state index contributed by atoms with van der Waals surface area (Å²) in [6.07, 6.45) is 3.90. The molecule has 0 amide bonds. The van der Waals surface area contributed by atoms with Crippen LogP contribution in [0.5, 0.6) is 0 Å². The van der Waals surface area contributed by atoms with E-state index in [-0.39, 0.29) is 0 Å². The highest BCUT2D eigenvalue weighted by atomic mass is 16.3. The molecule has 29 heavy (non-hydrogen) atoms. The molecule has 1 aromatic heterocycles. The minimum absolute atomic E-state index is 0.415. The van der Waals surface area contributed by atoms with Gasteiger partial charge in [-0.1, -0.05) is 6.42 Å². The lowest BCUT2D eigenvalue weighted by Gasteiger charge is -2.43. The molecule has 5 rings (SSSR count). The summed E-state index contributed by atoms with van der Waals surface area (Å²) in [6, 6.07) is 4.45. The normalized spacial score (nSPS) is 22.4. The molecule has 0 bridgehead atoms. The van der Waals surface area contributed by atoms with Gasteiger partial charge in [0.2, 0.25) is 11.6 Å². The molecule has 0 spiro atoms. The lowest BCUT2D eigenvalue weighted by atomic mass is 9.85. The van der Waals surface area contributed by atoms with Crippen LogP contribution in [0.4, 0.5) is 0 Å². The van der Waals surface area contributed by atoms with Crippen molar-refractivity contribution in [3.63, 3.8) is 0 Å². The summed E-state index contributed by atoms with van der Waals surface area (Å²) in [6.45, 7) is 11.0. The lowest BCUT2D eigenvalue weighted by Crippen LogP contribution is -2.54. The number of hydrogen-bond acceptors (Lipinski definition) is 5. The average Bonchev–Trinajstić information content (AvgIpc) is 3.04. The molecule has 1 aromatic carbocycles. The Morgan fingerprint density at radius 2 is 1.72 bits per heavy atom. The van der Waals surface area contributed by atoms with Gasteiger partial charge in [0.1, 0.15) is 11.5 Å². The number of carbonyl (C=O) groups excluding carboxylic acids is 2. The number of aryl methyl sites for hydroxylation is 2. The highest BCUT2D eigenvalue weighted by Crippen LogP contribution is 2.40. The van der Waals surface area contributed by atoms with Gasteiger partial charge in [0.05, 0.1) is 12.1 Å². The molecule has 5 heteroatoms. The van der Waals surface area contributed by atoms with Gasteiger partial charge in [0.25, 0.3) is 0 Å². The third-order valence-corrected chi connectivity index (χ3v) is 7.09. The van der Waals surface area contributed by atoms with Crippen molar-refractivity contribution >= 4 is 11.6 Å². The van der Waals surface area contributed by atoms with Crippen molar-refractivity contribution in [2.45, 2.75) is 52.6 Å². The maximum Gasteiger partial charge on any atom is 0.237 e. The molecular weight excluding hydrogens is 364 g/mol. The van der Waals surface area contributed by atoms with Gasteiger partial charge in [0, 0.05) is 42.4 Å². The molecule has 0 saturated carbocycles. The molecule has 1 unspecified atom stereocenters. The van der Waals surface area contributed by atoms with Crippen LogP contribution in [0.1, 0.15) is 62.4 Å². The van der Waals surface area contributed by atoms with Crippen LogP contribution in [0.2, 0.25) is 0 Å².